The third-order valence-corrected chi connectivity index (χ3v) is 4.57. The molecule has 2 aromatic rings. The number of carbonyl (C=O) groups excluding carboxylic acids is 1. The van der Waals surface area contributed by atoms with E-state index in [1.54, 1.807) is 11.7 Å². The van der Waals surface area contributed by atoms with Gasteiger partial charge in [0.2, 0.25) is 11.1 Å². The Morgan fingerprint density at radius 1 is 1.32 bits per heavy atom. The van der Waals surface area contributed by atoms with Gasteiger partial charge in [-0.2, -0.15) is 0 Å². The summed E-state index contributed by atoms with van der Waals surface area (Å²) in [4.78, 5) is 19.6. The van der Waals surface area contributed by atoms with Crippen molar-refractivity contribution in [2.24, 2.45) is 7.05 Å². The minimum atomic E-state index is 0.129. The molecule has 1 fully saturated rings. The highest BCUT2D eigenvalue weighted by molar-refractivity contribution is 7.99. The zero-order valence-electron chi connectivity index (χ0n) is 12.3. The quantitative estimate of drug-likeness (QED) is 0.704. The fourth-order valence-electron chi connectivity index (χ4n) is 2.34. The number of piperazine rings is 1. The maximum Gasteiger partial charge on any atom is 0.274 e. The molecule has 0 spiro atoms. The van der Waals surface area contributed by atoms with Gasteiger partial charge in [-0.15, -0.1) is 5.10 Å². The number of H-pyrrole nitrogens is 1. The van der Waals surface area contributed by atoms with Gasteiger partial charge < -0.3 is 4.90 Å². The molecule has 0 unspecified atom stereocenters. The van der Waals surface area contributed by atoms with E-state index in [2.05, 4.69) is 31.5 Å². The van der Waals surface area contributed by atoms with Crippen molar-refractivity contribution in [1.82, 2.24) is 25.1 Å². The minimum absolute atomic E-state index is 0.129. The van der Waals surface area contributed by atoms with E-state index in [1.807, 2.05) is 23.2 Å². The lowest BCUT2D eigenvalue weighted by molar-refractivity contribution is -0.364. The molecule has 8 nitrogen and oxygen atoms in total. The monoisotopic (exact) mass is 320 g/mol. The molecule has 1 N–H and O–H groups in total. The summed E-state index contributed by atoms with van der Waals surface area (Å²) < 4.78 is 1.57. The van der Waals surface area contributed by atoms with E-state index in [0.29, 0.717) is 10.9 Å². The van der Waals surface area contributed by atoms with Crippen LogP contribution >= 0.6 is 11.8 Å². The van der Waals surface area contributed by atoms with Crippen LogP contribution in [0.2, 0.25) is 0 Å². The number of amides is 1. The SMILES string of the molecule is Cn1nnnc1SCC(=O)N1CCN(c2cccc[nH+]2)CC1. The summed E-state index contributed by atoms with van der Waals surface area (Å²) in [6.07, 6.45) is 1.92. The lowest BCUT2D eigenvalue weighted by atomic mass is 10.3. The Balaban J connectivity index is 1.49. The van der Waals surface area contributed by atoms with Crippen molar-refractivity contribution in [2.75, 3.05) is 36.8 Å². The van der Waals surface area contributed by atoms with Gasteiger partial charge in [0.1, 0.15) is 13.1 Å². The number of nitrogens with one attached hydrogen (secondary N) is 1. The van der Waals surface area contributed by atoms with Gasteiger partial charge in [-0.1, -0.05) is 17.8 Å². The Morgan fingerprint density at radius 3 is 2.77 bits per heavy atom. The van der Waals surface area contributed by atoms with Crippen LogP contribution in [-0.4, -0.2) is 62.9 Å². The Bertz CT molecular complexity index is 624. The van der Waals surface area contributed by atoms with Crippen LogP contribution in [0.15, 0.2) is 29.6 Å². The van der Waals surface area contributed by atoms with Crippen molar-refractivity contribution in [3.63, 3.8) is 0 Å². The predicted molar refractivity (Wildman–Crippen MR) is 81.3 cm³/mol. The molecule has 1 amide bonds. The number of pyridine rings is 1. The first-order valence-electron chi connectivity index (χ1n) is 7.08. The molecule has 1 aliphatic heterocycles. The molecule has 22 heavy (non-hydrogen) atoms. The Labute approximate surface area is 132 Å². The smallest absolute Gasteiger partial charge is 0.274 e. The maximum absolute atomic E-state index is 12.2. The second-order valence-electron chi connectivity index (χ2n) is 4.99. The summed E-state index contributed by atoms with van der Waals surface area (Å²) in [7, 11) is 1.77. The Morgan fingerprint density at radius 2 is 2.14 bits per heavy atom. The average Bonchev–Trinajstić information content (AvgIpc) is 2.99. The average molecular weight is 320 g/mol. The van der Waals surface area contributed by atoms with Gasteiger partial charge >= 0.3 is 0 Å². The standard InChI is InChI=1S/C13H17N7OS/c1-18-13(15-16-17-18)22-10-12(21)20-8-6-19(7-9-20)11-4-2-3-5-14-11/h2-5H,6-10H2,1H3/p+1. The number of aromatic amines is 1. The first kappa shape index (κ1) is 14.8. The zero-order valence-corrected chi connectivity index (χ0v) is 13.2. The van der Waals surface area contributed by atoms with Crippen LogP contribution in [0.4, 0.5) is 5.82 Å². The highest BCUT2D eigenvalue weighted by atomic mass is 32.2. The normalized spacial score (nSPS) is 15.1. The molecule has 116 valence electrons. The number of carbonyl (C=O) groups is 1. The third-order valence-electron chi connectivity index (χ3n) is 3.57. The van der Waals surface area contributed by atoms with Gasteiger partial charge in [0.25, 0.3) is 5.82 Å². The molecule has 2 aromatic heterocycles. The maximum atomic E-state index is 12.2. The number of anilines is 1. The summed E-state index contributed by atoms with van der Waals surface area (Å²) >= 11 is 1.37. The molecule has 0 atom stereocenters. The van der Waals surface area contributed by atoms with Crippen LogP contribution < -0.4 is 9.88 Å². The number of aryl methyl sites for hydroxylation is 1. The summed E-state index contributed by atoms with van der Waals surface area (Å²) in [6, 6.07) is 6.02. The van der Waals surface area contributed by atoms with Crippen LogP contribution in [0.25, 0.3) is 0 Å². The molecular weight excluding hydrogens is 302 g/mol. The lowest BCUT2D eigenvalue weighted by Crippen LogP contribution is -2.50. The van der Waals surface area contributed by atoms with Gasteiger partial charge in [0.05, 0.1) is 25.0 Å². The first-order chi connectivity index (χ1) is 10.7. The Hall–Kier alpha value is -2.16. The minimum Gasteiger partial charge on any atom is -0.334 e. The van der Waals surface area contributed by atoms with Crippen LogP contribution in [0, 0.1) is 0 Å². The number of thioether (sulfide) groups is 1. The lowest BCUT2D eigenvalue weighted by Gasteiger charge is -2.30. The van der Waals surface area contributed by atoms with Crippen molar-refractivity contribution >= 4 is 23.5 Å². The molecule has 3 rings (SSSR count). The molecular formula is C13H18N7OS+. The summed E-state index contributed by atoms with van der Waals surface area (Å²) in [5, 5.41) is 11.8. The number of tetrazole rings is 1. The van der Waals surface area contributed by atoms with Crippen molar-refractivity contribution in [2.45, 2.75) is 5.16 Å². The van der Waals surface area contributed by atoms with Crippen molar-refractivity contribution in [3.05, 3.63) is 24.4 Å². The summed E-state index contributed by atoms with van der Waals surface area (Å²) in [6.45, 7) is 3.14. The van der Waals surface area contributed by atoms with E-state index in [1.165, 1.54) is 11.8 Å². The van der Waals surface area contributed by atoms with Crippen LogP contribution in [-0.2, 0) is 11.8 Å². The van der Waals surface area contributed by atoms with E-state index < -0.39 is 0 Å². The van der Waals surface area contributed by atoms with E-state index in [9.17, 15) is 4.79 Å². The van der Waals surface area contributed by atoms with Gasteiger partial charge in [-0.05, 0) is 16.5 Å². The van der Waals surface area contributed by atoms with Gasteiger partial charge in [-0.25, -0.2) is 9.67 Å². The molecule has 3 heterocycles. The van der Waals surface area contributed by atoms with Gasteiger partial charge in [0.15, 0.2) is 0 Å². The van der Waals surface area contributed by atoms with E-state index >= 15 is 0 Å². The van der Waals surface area contributed by atoms with Crippen LogP contribution in [0.1, 0.15) is 0 Å². The third kappa shape index (κ3) is 3.35. The molecule has 1 aliphatic rings. The second kappa shape index (κ2) is 6.73. The van der Waals surface area contributed by atoms with Crippen LogP contribution in [0.5, 0.6) is 0 Å². The largest absolute Gasteiger partial charge is 0.334 e. The number of hydrogen-bond donors (Lipinski definition) is 0. The molecule has 0 radical (unpaired) electrons. The summed E-state index contributed by atoms with van der Waals surface area (Å²) in [5.41, 5.74) is 0. The fraction of sp³-hybridized carbons (Fsp3) is 0.462. The van der Waals surface area contributed by atoms with E-state index in [4.69, 9.17) is 0 Å². The molecule has 0 aliphatic carbocycles. The van der Waals surface area contributed by atoms with Crippen molar-refractivity contribution in [3.8, 4) is 0 Å². The topological polar surface area (TPSA) is 81.3 Å². The molecule has 0 bridgehead atoms. The molecule has 9 heteroatoms. The molecule has 0 saturated carbocycles. The molecule has 0 aromatic carbocycles. The summed E-state index contributed by atoms with van der Waals surface area (Å²) in [5.74, 6) is 1.59. The van der Waals surface area contributed by atoms with Crippen molar-refractivity contribution in [1.29, 1.82) is 0 Å². The van der Waals surface area contributed by atoms with E-state index in [0.717, 1.165) is 32.0 Å². The zero-order chi connectivity index (χ0) is 15.4. The number of nitrogens with zero attached hydrogens (tertiary/aromatic N) is 6. The highest BCUT2D eigenvalue weighted by Crippen LogP contribution is 2.15. The number of hydrogen-bond acceptors (Lipinski definition) is 6. The Kier molecular flexibility index (Phi) is 4.52. The predicted octanol–water partition coefficient (Wildman–Crippen LogP) is -0.535. The van der Waals surface area contributed by atoms with Crippen molar-refractivity contribution < 1.29 is 9.78 Å². The number of aromatic nitrogens is 5. The molecule has 1 saturated heterocycles. The first-order valence-corrected chi connectivity index (χ1v) is 8.07. The van der Waals surface area contributed by atoms with Gasteiger partial charge in [0, 0.05) is 13.1 Å². The number of rotatable bonds is 4. The van der Waals surface area contributed by atoms with Crippen LogP contribution in [0.3, 0.4) is 0 Å². The highest BCUT2D eigenvalue weighted by Gasteiger charge is 2.26. The van der Waals surface area contributed by atoms with Gasteiger partial charge in [-0.3, -0.25) is 9.69 Å². The second-order valence-corrected chi connectivity index (χ2v) is 5.93. The van der Waals surface area contributed by atoms with E-state index in [-0.39, 0.29) is 5.91 Å². The fourth-order valence-corrected chi connectivity index (χ4v) is 3.09.